The lowest BCUT2D eigenvalue weighted by atomic mass is 9.97. The highest BCUT2D eigenvalue weighted by atomic mass is 15.2. The van der Waals surface area contributed by atoms with Crippen LogP contribution in [0.3, 0.4) is 0 Å². The largest absolute Gasteiger partial charge is 0.310 e. The van der Waals surface area contributed by atoms with Crippen LogP contribution in [0.25, 0.3) is 0 Å². The van der Waals surface area contributed by atoms with Gasteiger partial charge in [-0.1, -0.05) is 13.3 Å². The molecule has 0 aromatic rings. The Bertz CT molecular complexity index is 281. The molecular formula is C16H31N3. The number of rotatable bonds is 3. The van der Waals surface area contributed by atoms with Crippen LogP contribution in [-0.4, -0.2) is 60.6 Å². The standard InChI is InChI=1S/C16H31N3/c1-2-18-10-5-6-14(8-12-18)17-15-9-13-19-11-4-3-7-16(15)19/h14-17H,2-13H2,1H3. The van der Waals surface area contributed by atoms with Crippen LogP contribution in [0.5, 0.6) is 0 Å². The summed E-state index contributed by atoms with van der Waals surface area (Å²) in [6, 6.07) is 2.43. The van der Waals surface area contributed by atoms with E-state index < -0.39 is 0 Å². The fourth-order valence-electron chi connectivity index (χ4n) is 4.38. The van der Waals surface area contributed by atoms with Crippen molar-refractivity contribution in [3.05, 3.63) is 0 Å². The predicted molar refractivity (Wildman–Crippen MR) is 80.5 cm³/mol. The van der Waals surface area contributed by atoms with Crippen LogP contribution < -0.4 is 5.32 Å². The molecule has 3 nitrogen and oxygen atoms in total. The third kappa shape index (κ3) is 3.32. The number of hydrogen-bond acceptors (Lipinski definition) is 3. The number of likely N-dealkylation sites (tertiary alicyclic amines) is 1. The van der Waals surface area contributed by atoms with E-state index in [1.165, 1.54) is 77.7 Å². The highest BCUT2D eigenvalue weighted by Crippen LogP contribution is 2.28. The smallest absolute Gasteiger partial charge is 0.0249 e. The molecule has 3 unspecified atom stereocenters. The van der Waals surface area contributed by atoms with Gasteiger partial charge in [0.25, 0.3) is 0 Å². The second-order valence-electron chi connectivity index (χ2n) is 6.72. The normalized spacial score (nSPS) is 38.1. The Labute approximate surface area is 118 Å². The molecule has 3 saturated heterocycles. The molecule has 0 aliphatic carbocycles. The van der Waals surface area contributed by atoms with Gasteiger partial charge >= 0.3 is 0 Å². The van der Waals surface area contributed by atoms with Gasteiger partial charge in [-0.25, -0.2) is 0 Å². The van der Waals surface area contributed by atoms with Gasteiger partial charge in [0.1, 0.15) is 0 Å². The van der Waals surface area contributed by atoms with Crippen LogP contribution >= 0.6 is 0 Å². The van der Waals surface area contributed by atoms with Crippen LogP contribution in [0, 0.1) is 0 Å². The minimum Gasteiger partial charge on any atom is -0.310 e. The summed E-state index contributed by atoms with van der Waals surface area (Å²) in [4.78, 5) is 5.36. The molecule has 3 heterocycles. The first-order valence-corrected chi connectivity index (χ1v) is 8.59. The van der Waals surface area contributed by atoms with Gasteiger partial charge in [0.05, 0.1) is 0 Å². The molecule has 19 heavy (non-hydrogen) atoms. The minimum absolute atomic E-state index is 0.781. The summed E-state index contributed by atoms with van der Waals surface area (Å²) < 4.78 is 0. The van der Waals surface area contributed by atoms with Gasteiger partial charge in [0.2, 0.25) is 0 Å². The molecule has 1 N–H and O–H groups in total. The van der Waals surface area contributed by atoms with E-state index in [2.05, 4.69) is 22.0 Å². The molecular weight excluding hydrogens is 234 g/mol. The SMILES string of the molecule is CCN1CCCC(NC2CCN3CCCCC23)CC1. The highest BCUT2D eigenvalue weighted by Gasteiger charge is 2.36. The third-order valence-corrected chi connectivity index (χ3v) is 5.57. The van der Waals surface area contributed by atoms with Crippen molar-refractivity contribution in [2.24, 2.45) is 0 Å². The fourth-order valence-corrected chi connectivity index (χ4v) is 4.38. The number of hydrogen-bond donors (Lipinski definition) is 1. The molecule has 3 rings (SSSR count). The number of piperidine rings is 1. The topological polar surface area (TPSA) is 18.5 Å². The van der Waals surface area contributed by atoms with Crippen molar-refractivity contribution in [1.29, 1.82) is 0 Å². The van der Waals surface area contributed by atoms with Crippen LogP contribution in [0.2, 0.25) is 0 Å². The van der Waals surface area contributed by atoms with Crippen LogP contribution in [0.15, 0.2) is 0 Å². The lowest BCUT2D eigenvalue weighted by molar-refractivity contribution is 0.175. The molecule has 0 aromatic carbocycles. The van der Waals surface area contributed by atoms with Crippen molar-refractivity contribution < 1.29 is 0 Å². The molecule has 110 valence electrons. The quantitative estimate of drug-likeness (QED) is 0.843. The second-order valence-corrected chi connectivity index (χ2v) is 6.72. The average Bonchev–Trinajstić information content (AvgIpc) is 2.71. The Morgan fingerprint density at radius 1 is 0.895 bits per heavy atom. The van der Waals surface area contributed by atoms with Crippen molar-refractivity contribution in [3.8, 4) is 0 Å². The van der Waals surface area contributed by atoms with Crippen molar-refractivity contribution >= 4 is 0 Å². The fraction of sp³-hybridized carbons (Fsp3) is 1.00. The van der Waals surface area contributed by atoms with Crippen LogP contribution in [0.1, 0.15) is 51.9 Å². The Balaban J connectivity index is 1.50. The number of fused-ring (bicyclic) bond motifs is 1. The molecule has 0 radical (unpaired) electrons. The molecule has 0 aromatic heterocycles. The first kappa shape index (κ1) is 13.8. The molecule has 0 amide bonds. The minimum atomic E-state index is 0.781. The number of nitrogens with zero attached hydrogens (tertiary/aromatic N) is 2. The summed E-state index contributed by atoms with van der Waals surface area (Å²) in [5, 5.41) is 4.03. The van der Waals surface area contributed by atoms with Gasteiger partial charge < -0.3 is 10.2 Å². The first-order valence-electron chi connectivity index (χ1n) is 8.59. The lowest BCUT2D eigenvalue weighted by Crippen LogP contribution is -2.48. The van der Waals surface area contributed by atoms with E-state index in [-0.39, 0.29) is 0 Å². The van der Waals surface area contributed by atoms with E-state index >= 15 is 0 Å². The zero-order valence-corrected chi connectivity index (χ0v) is 12.6. The van der Waals surface area contributed by atoms with E-state index in [4.69, 9.17) is 0 Å². The maximum Gasteiger partial charge on any atom is 0.0249 e. The summed E-state index contributed by atoms with van der Waals surface area (Å²) in [6.07, 6.45) is 9.83. The molecule has 3 atom stereocenters. The summed E-state index contributed by atoms with van der Waals surface area (Å²) >= 11 is 0. The molecule has 0 saturated carbocycles. The molecule has 3 fully saturated rings. The summed E-state index contributed by atoms with van der Waals surface area (Å²) in [5.74, 6) is 0. The Kier molecular flexibility index (Phi) is 4.78. The first-order chi connectivity index (χ1) is 9.36. The molecule has 3 heteroatoms. The summed E-state index contributed by atoms with van der Waals surface area (Å²) in [7, 11) is 0. The van der Waals surface area contributed by atoms with Gasteiger partial charge in [-0.2, -0.15) is 0 Å². The van der Waals surface area contributed by atoms with E-state index in [0.29, 0.717) is 0 Å². The third-order valence-electron chi connectivity index (χ3n) is 5.57. The molecule has 3 aliphatic heterocycles. The van der Waals surface area contributed by atoms with E-state index in [1.54, 1.807) is 0 Å². The Hall–Kier alpha value is -0.120. The monoisotopic (exact) mass is 265 g/mol. The van der Waals surface area contributed by atoms with Crippen LogP contribution in [0.4, 0.5) is 0 Å². The molecule has 0 bridgehead atoms. The maximum absolute atomic E-state index is 4.03. The number of nitrogens with one attached hydrogen (secondary N) is 1. The maximum atomic E-state index is 4.03. The van der Waals surface area contributed by atoms with E-state index in [9.17, 15) is 0 Å². The van der Waals surface area contributed by atoms with Crippen molar-refractivity contribution in [2.45, 2.75) is 70.0 Å². The zero-order chi connectivity index (χ0) is 13.1. The van der Waals surface area contributed by atoms with Gasteiger partial charge in [0, 0.05) is 24.7 Å². The lowest BCUT2D eigenvalue weighted by Gasteiger charge is -2.34. The van der Waals surface area contributed by atoms with Gasteiger partial charge in [-0.15, -0.1) is 0 Å². The van der Waals surface area contributed by atoms with Crippen molar-refractivity contribution in [3.63, 3.8) is 0 Å². The van der Waals surface area contributed by atoms with Crippen molar-refractivity contribution in [1.82, 2.24) is 15.1 Å². The van der Waals surface area contributed by atoms with Gasteiger partial charge in [-0.3, -0.25) is 4.90 Å². The highest BCUT2D eigenvalue weighted by molar-refractivity contribution is 4.95. The van der Waals surface area contributed by atoms with E-state index in [0.717, 1.165) is 18.1 Å². The predicted octanol–water partition coefficient (Wildman–Crippen LogP) is 2.08. The summed E-state index contributed by atoms with van der Waals surface area (Å²) in [6.45, 7) is 8.84. The van der Waals surface area contributed by atoms with E-state index in [1.807, 2.05) is 0 Å². The van der Waals surface area contributed by atoms with Crippen molar-refractivity contribution in [2.75, 3.05) is 32.7 Å². The Morgan fingerprint density at radius 2 is 1.84 bits per heavy atom. The van der Waals surface area contributed by atoms with Crippen LogP contribution in [-0.2, 0) is 0 Å². The summed E-state index contributed by atoms with van der Waals surface area (Å²) in [5.41, 5.74) is 0. The second kappa shape index (κ2) is 6.55. The van der Waals surface area contributed by atoms with Gasteiger partial charge in [-0.05, 0) is 64.7 Å². The Morgan fingerprint density at radius 3 is 2.74 bits per heavy atom. The average molecular weight is 265 g/mol. The van der Waals surface area contributed by atoms with Gasteiger partial charge in [0.15, 0.2) is 0 Å². The molecule has 0 spiro atoms. The molecule has 3 aliphatic rings. The zero-order valence-electron chi connectivity index (χ0n) is 12.6.